The van der Waals surface area contributed by atoms with Gasteiger partial charge in [-0.15, -0.1) is 0 Å². The van der Waals surface area contributed by atoms with E-state index in [1.807, 2.05) is 22.9 Å². The van der Waals surface area contributed by atoms with Crippen LogP contribution in [0.4, 0.5) is 13.2 Å². The van der Waals surface area contributed by atoms with E-state index in [4.69, 9.17) is 0 Å². The van der Waals surface area contributed by atoms with Crippen LogP contribution in [-0.2, 0) is 16.6 Å². The Balaban J connectivity index is 1.86. The average Bonchev–Trinajstić information content (AvgIpc) is 2.78. The van der Waals surface area contributed by atoms with Crippen molar-refractivity contribution < 1.29 is 21.6 Å². The highest BCUT2D eigenvalue weighted by atomic mass is 32.2. The van der Waals surface area contributed by atoms with Gasteiger partial charge in [-0.3, -0.25) is 0 Å². The Labute approximate surface area is 118 Å². The van der Waals surface area contributed by atoms with Gasteiger partial charge in [-0.25, -0.2) is 9.71 Å². The fourth-order valence-electron chi connectivity index (χ4n) is 1.66. The third-order valence-corrected chi connectivity index (χ3v) is 3.66. The molecule has 0 fully saturated rings. The number of H-pyrrole nitrogens is 1. The van der Waals surface area contributed by atoms with Gasteiger partial charge in [0.1, 0.15) is 12.4 Å². The molecule has 0 aliphatic heterocycles. The third kappa shape index (κ3) is 4.99. The summed E-state index contributed by atoms with van der Waals surface area (Å²) in [5, 5.41) is 0. The van der Waals surface area contributed by atoms with E-state index in [-0.39, 0.29) is 13.0 Å². The number of hydrogen-bond donors (Lipinski definition) is 3. The predicted octanol–water partition coefficient (Wildman–Crippen LogP) is 1.09. The van der Waals surface area contributed by atoms with Crippen LogP contribution in [0.25, 0.3) is 11.0 Å². The second-order valence-corrected chi connectivity index (χ2v) is 5.87. The first-order chi connectivity index (χ1) is 9.75. The first-order valence-electron chi connectivity index (χ1n) is 6.00. The molecule has 0 atom stereocenters. The van der Waals surface area contributed by atoms with Crippen LogP contribution in [0.3, 0.4) is 0 Å². The maximum atomic E-state index is 11.9. The Bertz CT molecular complexity index is 679. The number of hydrogen-bond acceptors (Lipinski definition) is 3. The number of para-hydroxylation sites is 2. The number of benzene rings is 1. The standard InChI is InChI=1S/C11H13F3N4O2S/c12-11(13,14)7-16-21(19,20)15-6-5-10-17-8-3-1-2-4-9(8)18-10/h1-4,15-16H,5-7H2,(H,17,18). The molecular formula is C11H13F3N4O2S. The average molecular weight is 322 g/mol. The van der Waals surface area contributed by atoms with E-state index >= 15 is 0 Å². The molecule has 0 bridgehead atoms. The molecule has 0 amide bonds. The Kier molecular flexibility index (Phi) is 4.49. The van der Waals surface area contributed by atoms with E-state index in [1.165, 1.54) is 4.72 Å². The number of nitrogens with one attached hydrogen (secondary N) is 3. The molecule has 21 heavy (non-hydrogen) atoms. The topological polar surface area (TPSA) is 86.9 Å². The van der Waals surface area contributed by atoms with Crippen LogP contribution < -0.4 is 9.44 Å². The van der Waals surface area contributed by atoms with Gasteiger partial charge < -0.3 is 4.98 Å². The zero-order chi connectivity index (χ0) is 15.5. The van der Waals surface area contributed by atoms with Gasteiger partial charge in [0.25, 0.3) is 10.2 Å². The number of nitrogens with zero attached hydrogens (tertiary/aromatic N) is 1. The van der Waals surface area contributed by atoms with Gasteiger partial charge in [0.2, 0.25) is 0 Å². The summed E-state index contributed by atoms with van der Waals surface area (Å²) >= 11 is 0. The monoisotopic (exact) mass is 322 g/mol. The van der Waals surface area contributed by atoms with Crippen molar-refractivity contribution in [3.05, 3.63) is 30.1 Å². The Hall–Kier alpha value is -1.65. The quantitative estimate of drug-likeness (QED) is 0.744. The van der Waals surface area contributed by atoms with Crippen molar-refractivity contribution in [3.63, 3.8) is 0 Å². The molecule has 10 heteroatoms. The Morgan fingerprint density at radius 2 is 1.90 bits per heavy atom. The molecular weight excluding hydrogens is 309 g/mol. The van der Waals surface area contributed by atoms with Crippen LogP contribution in [0, 0.1) is 0 Å². The predicted molar refractivity (Wildman–Crippen MR) is 70.8 cm³/mol. The van der Waals surface area contributed by atoms with Gasteiger partial charge in [0, 0.05) is 13.0 Å². The van der Waals surface area contributed by atoms with E-state index in [1.54, 1.807) is 6.07 Å². The molecule has 1 aromatic heterocycles. The molecule has 0 saturated heterocycles. The van der Waals surface area contributed by atoms with E-state index in [0.717, 1.165) is 11.0 Å². The number of fused-ring (bicyclic) bond motifs is 1. The van der Waals surface area contributed by atoms with Crippen molar-refractivity contribution in [2.75, 3.05) is 13.1 Å². The molecule has 3 N–H and O–H groups in total. The minimum atomic E-state index is -4.59. The van der Waals surface area contributed by atoms with E-state index in [0.29, 0.717) is 5.82 Å². The molecule has 1 aromatic carbocycles. The fraction of sp³-hybridized carbons (Fsp3) is 0.364. The van der Waals surface area contributed by atoms with Crippen molar-refractivity contribution in [1.82, 2.24) is 19.4 Å². The first kappa shape index (κ1) is 15.7. The molecule has 116 valence electrons. The van der Waals surface area contributed by atoms with Gasteiger partial charge in [0.05, 0.1) is 11.0 Å². The highest BCUT2D eigenvalue weighted by Gasteiger charge is 2.29. The molecule has 2 aromatic rings. The van der Waals surface area contributed by atoms with E-state index in [9.17, 15) is 21.6 Å². The number of halogens is 3. The molecule has 2 rings (SSSR count). The fourth-order valence-corrected chi connectivity index (χ4v) is 2.48. The Morgan fingerprint density at radius 3 is 2.57 bits per heavy atom. The van der Waals surface area contributed by atoms with Crippen LogP contribution in [0.2, 0.25) is 0 Å². The SMILES string of the molecule is O=S(=O)(NCCc1nc2ccccc2[nH]1)NCC(F)(F)F. The van der Waals surface area contributed by atoms with E-state index < -0.39 is 22.9 Å². The zero-order valence-corrected chi connectivity index (χ0v) is 11.6. The maximum absolute atomic E-state index is 11.9. The molecule has 0 unspecified atom stereocenters. The number of rotatable bonds is 6. The molecule has 0 aliphatic rings. The number of imidazole rings is 1. The molecule has 0 spiro atoms. The summed E-state index contributed by atoms with van der Waals surface area (Å²) < 4.78 is 61.8. The normalized spacial score (nSPS) is 12.9. The minimum absolute atomic E-state index is 0.0625. The first-order valence-corrected chi connectivity index (χ1v) is 7.48. The summed E-state index contributed by atoms with van der Waals surface area (Å²) in [6, 6.07) is 7.26. The van der Waals surface area contributed by atoms with Crippen molar-refractivity contribution in [2.24, 2.45) is 0 Å². The smallest absolute Gasteiger partial charge is 0.342 e. The van der Waals surface area contributed by atoms with Gasteiger partial charge in [-0.05, 0) is 12.1 Å². The molecule has 6 nitrogen and oxygen atoms in total. The summed E-state index contributed by atoms with van der Waals surface area (Å²) in [6.45, 7) is -1.67. The van der Waals surface area contributed by atoms with Gasteiger partial charge in [-0.2, -0.15) is 26.3 Å². The van der Waals surface area contributed by atoms with Crippen molar-refractivity contribution >= 4 is 21.2 Å². The lowest BCUT2D eigenvalue weighted by Gasteiger charge is -2.09. The van der Waals surface area contributed by atoms with Crippen LogP contribution in [0.15, 0.2) is 24.3 Å². The Morgan fingerprint density at radius 1 is 1.19 bits per heavy atom. The second kappa shape index (κ2) is 6.00. The van der Waals surface area contributed by atoms with Crippen molar-refractivity contribution in [1.29, 1.82) is 0 Å². The van der Waals surface area contributed by atoms with E-state index in [2.05, 4.69) is 9.97 Å². The number of aromatic nitrogens is 2. The highest BCUT2D eigenvalue weighted by molar-refractivity contribution is 7.87. The van der Waals surface area contributed by atoms with Crippen molar-refractivity contribution in [2.45, 2.75) is 12.6 Å². The number of aromatic amines is 1. The zero-order valence-electron chi connectivity index (χ0n) is 10.7. The highest BCUT2D eigenvalue weighted by Crippen LogP contribution is 2.12. The summed E-state index contributed by atoms with van der Waals surface area (Å²) in [4.78, 5) is 7.22. The molecule has 0 radical (unpaired) electrons. The maximum Gasteiger partial charge on any atom is 0.402 e. The molecule has 0 aliphatic carbocycles. The third-order valence-electron chi connectivity index (χ3n) is 2.55. The largest absolute Gasteiger partial charge is 0.402 e. The lowest BCUT2D eigenvalue weighted by Crippen LogP contribution is -2.42. The lowest BCUT2D eigenvalue weighted by molar-refractivity contribution is -0.121. The second-order valence-electron chi connectivity index (χ2n) is 4.28. The van der Waals surface area contributed by atoms with Crippen molar-refractivity contribution in [3.8, 4) is 0 Å². The van der Waals surface area contributed by atoms with Gasteiger partial charge in [0.15, 0.2) is 0 Å². The minimum Gasteiger partial charge on any atom is -0.342 e. The van der Waals surface area contributed by atoms with Crippen LogP contribution in [0.1, 0.15) is 5.82 Å². The molecule has 1 heterocycles. The van der Waals surface area contributed by atoms with Gasteiger partial charge >= 0.3 is 6.18 Å². The summed E-state index contributed by atoms with van der Waals surface area (Å²) in [6.07, 6.45) is -4.35. The summed E-state index contributed by atoms with van der Waals surface area (Å²) in [5.41, 5.74) is 1.55. The van der Waals surface area contributed by atoms with Crippen LogP contribution in [0.5, 0.6) is 0 Å². The summed E-state index contributed by atoms with van der Waals surface area (Å²) in [7, 11) is -4.18. The van der Waals surface area contributed by atoms with Crippen LogP contribution >= 0.6 is 0 Å². The van der Waals surface area contributed by atoms with Gasteiger partial charge in [-0.1, -0.05) is 12.1 Å². The van der Waals surface area contributed by atoms with Crippen LogP contribution in [-0.4, -0.2) is 37.7 Å². The summed E-state index contributed by atoms with van der Waals surface area (Å²) in [5.74, 6) is 0.551. The molecule has 0 saturated carbocycles. The lowest BCUT2D eigenvalue weighted by atomic mass is 10.3. The number of alkyl halides is 3.